The molecule has 0 saturated heterocycles. The average Bonchev–Trinajstić information content (AvgIpc) is 2.77. The first-order valence-electron chi connectivity index (χ1n) is 11.7. The van der Waals surface area contributed by atoms with Crippen molar-refractivity contribution in [3.05, 3.63) is 69.8 Å². The zero-order chi connectivity index (χ0) is 24.9. The number of rotatable bonds is 7. The van der Waals surface area contributed by atoms with Crippen molar-refractivity contribution in [1.29, 1.82) is 0 Å². The summed E-state index contributed by atoms with van der Waals surface area (Å²) in [4.78, 5) is 38.2. The zero-order valence-electron chi connectivity index (χ0n) is 20.1. The molecule has 0 aliphatic heterocycles. The summed E-state index contributed by atoms with van der Waals surface area (Å²) >= 11 is 0. The number of nitrogens with zero attached hydrogens (tertiary/aromatic N) is 2. The molecule has 1 saturated carbocycles. The van der Waals surface area contributed by atoms with E-state index in [0.717, 1.165) is 31.2 Å². The van der Waals surface area contributed by atoms with Gasteiger partial charge in [0.05, 0.1) is 4.92 Å². The number of non-ortho nitro benzene ring substituents is 1. The molecule has 182 valence electrons. The van der Waals surface area contributed by atoms with Crippen LogP contribution in [0.5, 0.6) is 0 Å². The molecule has 2 aromatic carbocycles. The number of nitro groups is 1. The summed E-state index contributed by atoms with van der Waals surface area (Å²) in [5.74, 6) is -0.266. The summed E-state index contributed by atoms with van der Waals surface area (Å²) < 4.78 is 0. The van der Waals surface area contributed by atoms with E-state index in [1.807, 2.05) is 23.1 Å². The number of hydrogen-bond acceptors (Lipinski definition) is 5. The molecule has 8 nitrogen and oxygen atoms in total. The number of nitrogens with one attached hydrogen (secondary N) is 1. The topological polar surface area (TPSA) is 119 Å². The Hall–Kier alpha value is -3.26. The number of carbonyl (C=O) groups is 2. The predicted molar refractivity (Wildman–Crippen MR) is 132 cm³/mol. The van der Waals surface area contributed by atoms with Crippen molar-refractivity contribution in [1.82, 2.24) is 4.90 Å². The number of amides is 2. The van der Waals surface area contributed by atoms with Crippen LogP contribution >= 0.6 is 0 Å². The second kappa shape index (κ2) is 10.8. The fourth-order valence-electron chi connectivity index (χ4n) is 4.35. The molecule has 2 aromatic rings. The van der Waals surface area contributed by atoms with Gasteiger partial charge in [-0.1, -0.05) is 45.7 Å². The lowest BCUT2D eigenvalue weighted by Crippen LogP contribution is -2.52. The van der Waals surface area contributed by atoms with Gasteiger partial charge < -0.3 is 16.0 Å². The van der Waals surface area contributed by atoms with Crippen LogP contribution in [0.15, 0.2) is 48.5 Å². The summed E-state index contributed by atoms with van der Waals surface area (Å²) in [6.45, 7) is 6.59. The van der Waals surface area contributed by atoms with Crippen LogP contribution in [0.25, 0.3) is 0 Å². The Morgan fingerprint density at radius 3 is 2.41 bits per heavy atom. The van der Waals surface area contributed by atoms with E-state index in [-0.39, 0.29) is 35.0 Å². The first-order chi connectivity index (χ1) is 16.0. The maximum atomic E-state index is 13.3. The van der Waals surface area contributed by atoms with Gasteiger partial charge in [-0.15, -0.1) is 0 Å². The highest BCUT2D eigenvalue weighted by atomic mass is 16.6. The molecule has 1 aliphatic rings. The standard InChI is InChI=1S/C26H34N4O4/c1-26(2,3)16-24(31)29(23-10-5-4-9-22(23)27)17-18-7-6-8-20(15-18)28-25(32)19-11-13-21(14-12-19)30(33)34/h6-8,11-15,22-23H,4-5,9-10,16-17,27H2,1-3H3,(H,28,32). The van der Waals surface area contributed by atoms with E-state index in [0.29, 0.717) is 24.2 Å². The molecule has 0 aromatic heterocycles. The number of nitrogens with two attached hydrogens (primary N) is 1. The molecule has 2 atom stereocenters. The Balaban J connectivity index is 1.76. The van der Waals surface area contributed by atoms with Crippen molar-refractivity contribution in [2.75, 3.05) is 5.32 Å². The van der Waals surface area contributed by atoms with Crippen LogP contribution in [0.2, 0.25) is 0 Å². The zero-order valence-corrected chi connectivity index (χ0v) is 20.1. The predicted octanol–water partition coefficient (Wildman–Crippen LogP) is 4.88. The third-order valence-electron chi connectivity index (χ3n) is 6.06. The lowest BCUT2D eigenvalue weighted by atomic mass is 9.87. The minimum atomic E-state index is -0.504. The van der Waals surface area contributed by atoms with Crippen LogP contribution in [0.3, 0.4) is 0 Å². The summed E-state index contributed by atoms with van der Waals surface area (Å²) in [7, 11) is 0. The molecule has 8 heteroatoms. The number of carbonyl (C=O) groups excluding carboxylic acids is 2. The van der Waals surface area contributed by atoms with E-state index in [9.17, 15) is 19.7 Å². The molecule has 0 spiro atoms. The second-order valence-corrected chi connectivity index (χ2v) is 10.2. The van der Waals surface area contributed by atoms with E-state index in [2.05, 4.69) is 26.1 Å². The number of hydrogen-bond donors (Lipinski definition) is 2. The molecule has 1 aliphatic carbocycles. The highest BCUT2D eigenvalue weighted by molar-refractivity contribution is 6.04. The molecule has 1 fully saturated rings. The minimum Gasteiger partial charge on any atom is -0.334 e. The normalized spacial score (nSPS) is 18.2. The van der Waals surface area contributed by atoms with Gasteiger partial charge in [0.2, 0.25) is 5.91 Å². The van der Waals surface area contributed by atoms with Gasteiger partial charge in [0.15, 0.2) is 0 Å². The quantitative estimate of drug-likeness (QED) is 0.445. The molecule has 3 N–H and O–H groups in total. The first-order valence-corrected chi connectivity index (χ1v) is 11.7. The van der Waals surface area contributed by atoms with Gasteiger partial charge in [-0.2, -0.15) is 0 Å². The van der Waals surface area contributed by atoms with Crippen LogP contribution in [0, 0.1) is 15.5 Å². The molecular formula is C26H34N4O4. The van der Waals surface area contributed by atoms with Gasteiger partial charge in [-0.3, -0.25) is 19.7 Å². The van der Waals surface area contributed by atoms with Gasteiger partial charge in [-0.25, -0.2) is 0 Å². The van der Waals surface area contributed by atoms with Crippen molar-refractivity contribution in [3.8, 4) is 0 Å². The van der Waals surface area contributed by atoms with Gasteiger partial charge in [0.1, 0.15) is 0 Å². The molecule has 0 radical (unpaired) electrons. The van der Waals surface area contributed by atoms with Gasteiger partial charge in [0.25, 0.3) is 11.6 Å². The Morgan fingerprint density at radius 1 is 1.12 bits per heavy atom. The minimum absolute atomic E-state index is 0.00181. The summed E-state index contributed by atoms with van der Waals surface area (Å²) in [6, 6.07) is 12.8. The van der Waals surface area contributed by atoms with Crippen molar-refractivity contribution >= 4 is 23.2 Å². The fourth-order valence-corrected chi connectivity index (χ4v) is 4.35. The fraction of sp³-hybridized carbons (Fsp3) is 0.462. The highest BCUT2D eigenvalue weighted by Gasteiger charge is 2.32. The van der Waals surface area contributed by atoms with E-state index < -0.39 is 4.92 Å². The van der Waals surface area contributed by atoms with Gasteiger partial charge in [-0.05, 0) is 48.1 Å². The van der Waals surface area contributed by atoms with E-state index in [4.69, 9.17) is 5.73 Å². The summed E-state index contributed by atoms with van der Waals surface area (Å²) in [5, 5.41) is 13.7. The smallest absolute Gasteiger partial charge is 0.269 e. The van der Waals surface area contributed by atoms with Crippen molar-refractivity contribution in [3.63, 3.8) is 0 Å². The largest absolute Gasteiger partial charge is 0.334 e. The van der Waals surface area contributed by atoms with Crippen molar-refractivity contribution in [2.24, 2.45) is 11.1 Å². The third-order valence-corrected chi connectivity index (χ3v) is 6.06. The van der Waals surface area contributed by atoms with Gasteiger partial charge >= 0.3 is 0 Å². The molecule has 0 bridgehead atoms. The molecule has 0 heterocycles. The number of nitro benzene ring substituents is 1. The Bertz CT molecular complexity index is 1030. The molecule has 2 unspecified atom stereocenters. The Labute approximate surface area is 200 Å². The lowest BCUT2D eigenvalue weighted by Gasteiger charge is -2.39. The number of anilines is 1. The SMILES string of the molecule is CC(C)(C)CC(=O)N(Cc1cccc(NC(=O)c2ccc([N+](=O)[O-])cc2)c1)C1CCCCC1N. The second-order valence-electron chi connectivity index (χ2n) is 10.2. The van der Waals surface area contributed by atoms with Crippen LogP contribution < -0.4 is 11.1 Å². The highest BCUT2D eigenvalue weighted by Crippen LogP contribution is 2.28. The first kappa shape index (κ1) is 25.4. The molecule has 3 rings (SSSR count). The Kier molecular flexibility index (Phi) is 8.04. The maximum absolute atomic E-state index is 13.3. The average molecular weight is 467 g/mol. The van der Waals surface area contributed by atoms with Crippen LogP contribution in [0.4, 0.5) is 11.4 Å². The van der Waals surface area contributed by atoms with Crippen molar-refractivity contribution < 1.29 is 14.5 Å². The van der Waals surface area contributed by atoms with E-state index in [1.54, 1.807) is 6.07 Å². The summed E-state index contributed by atoms with van der Waals surface area (Å²) in [6.07, 6.45) is 4.39. The van der Waals surface area contributed by atoms with E-state index >= 15 is 0 Å². The Morgan fingerprint density at radius 2 is 1.79 bits per heavy atom. The van der Waals surface area contributed by atoms with Crippen molar-refractivity contribution in [2.45, 2.75) is 71.5 Å². The van der Waals surface area contributed by atoms with Crippen LogP contribution in [-0.2, 0) is 11.3 Å². The molecular weight excluding hydrogens is 432 g/mol. The third kappa shape index (κ3) is 6.87. The lowest BCUT2D eigenvalue weighted by molar-refractivity contribution is -0.384. The molecule has 2 amide bonds. The maximum Gasteiger partial charge on any atom is 0.269 e. The monoisotopic (exact) mass is 466 g/mol. The van der Waals surface area contributed by atoms with Crippen LogP contribution in [0.1, 0.15) is 68.8 Å². The summed E-state index contributed by atoms with van der Waals surface area (Å²) in [5.41, 5.74) is 8.06. The number of benzene rings is 2. The van der Waals surface area contributed by atoms with Gasteiger partial charge in [0, 0.05) is 48.4 Å². The van der Waals surface area contributed by atoms with Crippen LogP contribution in [-0.4, -0.2) is 33.7 Å². The van der Waals surface area contributed by atoms with E-state index in [1.165, 1.54) is 24.3 Å². The molecule has 34 heavy (non-hydrogen) atoms.